The van der Waals surface area contributed by atoms with Crippen molar-refractivity contribution in [3.63, 3.8) is 0 Å². The Morgan fingerprint density at radius 2 is 1.95 bits per heavy atom. The first-order valence-corrected chi connectivity index (χ1v) is 9.28. The van der Waals surface area contributed by atoms with Gasteiger partial charge < -0.3 is 0 Å². The second kappa shape index (κ2) is 4.60. The van der Waals surface area contributed by atoms with Crippen LogP contribution >= 0.6 is 11.6 Å². The standard InChI is InChI=1S/C19H27ClO/c1-18-9-4-3-5-12(18)6-7-13-14(18)8-10-19(2)15(13)11-16(20)17(19)21/h6,13-16H,3-5,7-11H2,1-2H3/t13-,14+,15+,16-,18+,19+/m1/s1. The summed E-state index contributed by atoms with van der Waals surface area (Å²) in [5.41, 5.74) is 2.05. The van der Waals surface area contributed by atoms with E-state index in [4.69, 9.17) is 11.6 Å². The highest BCUT2D eigenvalue weighted by Crippen LogP contribution is 2.64. The summed E-state index contributed by atoms with van der Waals surface area (Å²) in [4.78, 5) is 12.6. The van der Waals surface area contributed by atoms with Gasteiger partial charge in [-0.1, -0.05) is 31.9 Å². The minimum atomic E-state index is -0.219. The summed E-state index contributed by atoms with van der Waals surface area (Å²) in [6.45, 7) is 4.73. The summed E-state index contributed by atoms with van der Waals surface area (Å²) >= 11 is 6.37. The number of carbonyl (C=O) groups is 1. The molecule has 6 atom stereocenters. The maximum absolute atomic E-state index is 12.6. The lowest BCUT2D eigenvalue weighted by molar-refractivity contribution is -0.131. The molecule has 0 spiro atoms. The Balaban J connectivity index is 1.71. The molecule has 0 bridgehead atoms. The quantitative estimate of drug-likeness (QED) is 0.448. The Labute approximate surface area is 133 Å². The highest BCUT2D eigenvalue weighted by atomic mass is 35.5. The molecule has 3 saturated carbocycles. The Kier molecular flexibility index (Phi) is 3.13. The van der Waals surface area contributed by atoms with Crippen molar-refractivity contribution in [3.05, 3.63) is 11.6 Å². The molecule has 0 aromatic rings. The van der Waals surface area contributed by atoms with E-state index in [1.165, 1.54) is 38.5 Å². The van der Waals surface area contributed by atoms with E-state index in [0.717, 1.165) is 18.8 Å². The first-order valence-electron chi connectivity index (χ1n) is 8.85. The van der Waals surface area contributed by atoms with Gasteiger partial charge in [0.2, 0.25) is 0 Å². The van der Waals surface area contributed by atoms with Crippen LogP contribution in [0.5, 0.6) is 0 Å². The lowest BCUT2D eigenvalue weighted by Crippen LogP contribution is -2.49. The van der Waals surface area contributed by atoms with Crippen LogP contribution in [-0.2, 0) is 4.79 Å². The molecule has 0 aliphatic heterocycles. The van der Waals surface area contributed by atoms with E-state index in [1.807, 2.05) is 0 Å². The number of hydrogen-bond acceptors (Lipinski definition) is 1. The molecule has 4 aliphatic rings. The molecule has 0 unspecified atom stereocenters. The molecule has 116 valence electrons. The van der Waals surface area contributed by atoms with Crippen molar-refractivity contribution >= 4 is 17.4 Å². The summed E-state index contributed by atoms with van der Waals surface area (Å²) in [6, 6.07) is 0. The summed E-state index contributed by atoms with van der Waals surface area (Å²) in [7, 11) is 0. The van der Waals surface area contributed by atoms with Crippen LogP contribution in [-0.4, -0.2) is 11.2 Å². The lowest BCUT2D eigenvalue weighted by Gasteiger charge is -2.56. The average Bonchev–Trinajstić information content (AvgIpc) is 2.70. The fourth-order valence-corrected chi connectivity index (χ4v) is 6.89. The predicted octanol–water partition coefficient (Wildman–Crippen LogP) is 5.13. The average molecular weight is 307 g/mol. The molecule has 0 amide bonds. The number of Topliss-reactive ketones (excluding diaryl/α,β-unsaturated/α-hetero) is 1. The van der Waals surface area contributed by atoms with E-state index in [2.05, 4.69) is 19.9 Å². The number of carbonyl (C=O) groups excluding carboxylic acids is 1. The number of hydrogen-bond donors (Lipinski definition) is 0. The van der Waals surface area contributed by atoms with Crippen LogP contribution in [0.1, 0.15) is 65.2 Å². The number of rotatable bonds is 0. The van der Waals surface area contributed by atoms with E-state index >= 15 is 0 Å². The minimum absolute atomic E-state index is 0.121. The largest absolute Gasteiger partial charge is 0.297 e. The Morgan fingerprint density at radius 3 is 2.76 bits per heavy atom. The molecule has 0 aromatic carbocycles. The topological polar surface area (TPSA) is 17.1 Å². The zero-order valence-corrected chi connectivity index (χ0v) is 14.1. The summed E-state index contributed by atoms with van der Waals surface area (Å²) in [5, 5.41) is -0.219. The molecule has 0 heterocycles. The molecule has 0 radical (unpaired) electrons. The van der Waals surface area contributed by atoms with Gasteiger partial charge in [-0.25, -0.2) is 0 Å². The molecular weight excluding hydrogens is 280 g/mol. The number of fused-ring (bicyclic) bond motifs is 5. The monoisotopic (exact) mass is 306 g/mol. The van der Waals surface area contributed by atoms with Crippen LogP contribution in [0, 0.1) is 28.6 Å². The molecule has 0 N–H and O–H groups in total. The van der Waals surface area contributed by atoms with Gasteiger partial charge in [-0.15, -0.1) is 11.6 Å². The van der Waals surface area contributed by atoms with Gasteiger partial charge in [-0.2, -0.15) is 0 Å². The van der Waals surface area contributed by atoms with Gasteiger partial charge in [0.05, 0.1) is 5.38 Å². The van der Waals surface area contributed by atoms with E-state index in [1.54, 1.807) is 5.57 Å². The molecular formula is C19H27ClO. The van der Waals surface area contributed by atoms with Gasteiger partial charge in [-0.05, 0) is 68.1 Å². The van der Waals surface area contributed by atoms with Crippen molar-refractivity contribution in [1.29, 1.82) is 0 Å². The highest BCUT2D eigenvalue weighted by Gasteiger charge is 2.60. The number of alkyl halides is 1. The third-order valence-electron chi connectivity index (χ3n) is 7.72. The van der Waals surface area contributed by atoms with Crippen LogP contribution in [0.2, 0.25) is 0 Å². The van der Waals surface area contributed by atoms with Crippen molar-refractivity contribution in [2.24, 2.45) is 28.6 Å². The fourth-order valence-electron chi connectivity index (χ4n) is 6.45. The third-order valence-corrected chi connectivity index (χ3v) is 8.09. The van der Waals surface area contributed by atoms with Crippen molar-refractivity contribution in [1.82, 2.24) is 0 Å². The molecule has 3 fully saturated rings. The van der Waals surface area contributed by atoms with Gasteiger partial charge in [0.15, 0.2) is 5.78 Å². The zero-order valence-electron chi connectivity index (χ0n) is 13.3. The van der Waals surface area contributed by atoms with Gasteiger partial charge >= 0.3 is 0 Å². The van der Waals surface area contributed by atoms with Gasteiger partial charge in [0, 0.05) is 5.41 Å². The number of allylic oxidation sites excluding steroid dienone is 2. The van der Waals surface area contributed by atoms with E-state index in [0.29, 0.717) is 23.0 Å². The van der Waals surface area contributed by atoms with E-state index in [9.17, 15) is 4.79 Å². The van der Waals surface area contributed by atoms with Crippen molar-refractivity contribution < 1.29 is 4.79 Å². The smallest absolute Gasteiger partial charge is 0.156 e. The minimum Gasteiger partial charge on any atom is -0.297 e. The van der Waals surface area contributed by atoms with E-state index in [-0.39, 0.29) is 10.8 Å². The molecule has 0 saturated heterocycles. The van der Waals surface area contributed by atoms with Crippen LogP contribution in [0.3, 0.4) is 0 Å². The van der Waals surface area contributed by atoms with Crippen molar-refractivity contribution in [2.75, 3.05) is 0 Å². The van der Waals surface area contributed by atoms with Gasteiger partial charge in [0.1, 0.15) is 0 Å². The fraction of sp³-hybridized carbons (Fsp3) is 0.842. The summed E-state index contributed by atoms with van der Waals surface area (Å²) < 4.78 is 0. The van der Waals surface area contributed by atoms with Crippen molar-refractivity contribution in [2.45, 2.75) is 70.6 Å². The second-order valence-electron chi connectivity index (χ2n) is 8.49. The van der Waals surface area contributed by atoms with E-state index < -0.39 is 0 Å². The molecule has 4 rings (SSSR count). The maximum Gasteiger partial charge on any atom is 0.156 e. The Morgan fingerprint density at radius 1 is 1.14 bits per heavy atom. The molecule has 4 aliphatic carbocycles. The van der Waals surface area contributed by atoms with Gasteiger partial charge in [0.25, 0.3) is 0 Å². The first kappa shape index (κ1) is 14.3. The third kappa shape index (κ3) is 1.79. The molecule has 2 heteroatoms. The SMILES string of the molecule is C[C@]12CCCCC1=CC[C@@H]1[C@@H]2CC[C@]2(C)C(=O)[C@H](Cl)C[C@@H]12. The molecule has 21 heavy (non-hydrogen) atoms. The Bertz CT molecular complexity index is 510. The molecule has 0 aromatic heterocycles. The highest BCUT2D eigenvalue weighted by molar-refractivity contribution is 6.32. The van der Waals surface area contributed by atoms with Crippen LogP contribution in [0.4, 0.5) is 0 Å². The molecule has 1 nitrogen and oxygen atoms in total. The van der Waals surface area contributed by atoms with Crippen molar-refractivity contribution in [3.8, 4) is 0 Å². The number of halogens is 1. The Hall–Kier alpha value is -0.300. The second-order valence-corrected chi connectivity index (χ2v) is 9.02. The van der Waals surface area contributed by atoms with Crippen LogP contribution in [0.25, 0.3) is 0 Å². The summed E-state index contributed by atoms with van der Waals surface area (Å²) in [5.74, 6) is 2.37. The van der Waals surface area contributed by atoms with Crippen LogP contribution < -0.4 is 0 Å². The maximum atomic E-state index is 12.6. The number of ketones is 1. The summed E-state index contributed by atoms with van der Waals surface area (Å²) in [6.07, 6.45) is 12.4. The lowest BCUT2D eigenvalue weighted by atomic mass is 9.48. The predicted molar refractivity (Wildman–Crippen MR) is 86.4 cm³/mol. The zero-order chi connectivity index (χ0) is 14.8. The normalized spacial score (nSPS) is 52.7. The van der Waals surface area contributed by atoms with Crippen LogP contribution in [0.15, 0.2) is 11.6 Å². The van der Waals surface area contributed by atoms with Gasteiger partial charge in [-0.3, -0.25) is 4.79 Å². The first-order chi connectivity index (χ1) is 9.97.